The van der Waals surface area contributed by atoms with Crippen LogP contribution in [-0.4, -0.2) is 64.3 Å². The predicted octanol–water partition coefficient (Wildman–Crippen LogP) is 1.65. The Labute approximate surface area is 142 Å². The van der Waals surface area contributed by atoms with Crippen LogP contribution in [0.25, 0.3) is 0 Å². The number of aryl methyl sites for hydroxylation is 1. The zero-order valence-corrected chi connectivity index (χ0v) is 14.7. The Bertz CT molecular complexity index is 572. The van der Waals surface area contributed by atoms with Gasteiger partial charge in [0.05, 0.1) is 12.2 Å². The molecule has 2 saturated heterocycles. The van der Waals surface area contributed by atoms with E-state index in [4.69, 9.17) is 4.74 Å². The minimum atomic E-state index is -0.391. The van der Waals surface area contributed by atoms with Gasteiger partial charge in [0.2, 0.25) is 12.1 Å². The third kappa shape index (κ3) is 3.70. The minimum Gasteiger partial charge on any atom is -0.373 e. The van der Waals surface area contributed by atoms with E-state index in [1.54, 1.807) is 4.57 Å². The number of hydrogen-bond donors (Lipinski definition) is 0. The first-order chi connectivity index (χ1) is 11.4. The quantitative estimate of drug-likeness (QED) is 0.614. The normalized spacial score (nSPS) is 26.7. The molecule has 0 aromatic carbocycles. The molecule has 2 aliphatic heterocycles. The second kappa shape index (κ2) is 7.06. The van der Waals surface area contributed by atoms with Crippen LogP contribution in [0, 0.1) is 16.0 Å². The molecule has 3 rings (SSSR count). The van der Waals surface area contributed by atoms with Crippen LogP contribution in [-0.2, 0) is 11.8 Å². The SMILES string of the molecule is C[C@@H]1CN(CC2CCN(c3c([N+](=O)[O-])ncn3C)CC2)C[C@@H](C)O1. The lowest BCUT2D eigenvalue weighted by Crippen LogP contribution is -2.48. The standard InChI is InChI=1S/C16H27N5O3/c1-12-8-19(9-13(2)24-12)10-14-4-6-20(7-5-14)16-15(21(22)23)17-11-18(16)3/h11-14H,4-10H2,1-3H3/t12-,13-/m1/s1. The Hall–Kier alpha value is -1.67. The summed E-state index contributed by atoms with van der Waals surface area (Å²) in [5, 5.41) is 11.2. The van der Waals surface area contributed by atoms with Gasteiger partial charge >= 0.3 is 5.82 Å². The number of anilines is 1. The van der Waals surface area contributed by atoms with Crippen molar-refractivity contribution >= 4 is 11.6 Å². The van der Waals surface area contributed by atoms with Gasteiger partial charge in [0, 0.05) is 39.8 Å². The van der Waals surface area contributed by atoms with Crippen molar-refractivity contribution < 1.29 is 9.66 Å². The third-order valence-electron chi connectivity index (χ3n) is 4.99. The number of hydrogen-bond acceptors (Lipinski definition) is 6. The second-order valence-corrected chi connectivity index (χ2v) is 7.17. The van der Waals surface area contributed by atoms with Crippen molar-refractivity contribution in [2.24, 2.45) is 13.0 Å². The number of aromatic nitrogens is 2. The van der Waals surface area contributed by atoms with Crippen molar-refractivity contribution in [3.8, 4) is 0 Å². The molecule has 3 heterocycles. The summed E-state index contributed by atoms with van der Waals surface area (Å²) in [7, 11) is 1.82. The van der Waals surface area contributed by atoms with Gasteiger partial charge in [0.15, 0.2) is 0 Å². The molecule has 0 aliphatic carbocycles. The Balaban J connectivity index is 1.56. The summed E-state index contributed by atoms with van der Waals surface area (Å²) in [4.78, 5) is 19.3. The first-order valence-corrected chi connectivity index (χ1v) is 8.72. The van der Waals surface area contributed by atoms with E-state index in [-0.39, 0.29) is 5.82 Å². The molecule has 2 atom stereocenters. The lowest BCUT2D eigenvalue weighted by Gasteiger charge is -2.39. The van der Waals surface area contributed by atoms with E-state index >= 15 is 0 Å². The van der Waals surface area contributed by atoms with Crippen LogP contribution < -0.4 is 4.90 Å². The van der Waals surface area contributed by atoms with Crippen molar-refractivity contribution in [3.63, 3.8) is 0 Å². The van der Waals surface area contributed by atoms with Gasteiger partial charge in [-0.1, -0.05) is 0 Å². The minimum absolute atomic E-state index is 0.0354. The molecule has 134 valence electrons. The Morgan fingerprint density at radius 3 is 2.50 bits per heavy atom. The van der Waals surface area contributed by atoms with Gasteiger partial charge in [0.1, 0.15) is 0 Å². The fraction of sp³-hybridized carbons (Fsp3) is 0.812. The molecule has 0 bridgehead atoms. The van der Waals surface area contributed by atoms with Crippen LogP contribution in [0.5, 0.6) is 0 Å². The van der Waals surface area contributed by atoms with Crippen LogP contribution in [0.3, 0.4) is 0 Å². The van der Waals surface area contributed by atoms with Crippen molar-refractivity contribution in [1.29, 1.82) is 0 Å². The summed E-state index contributed by atoms with van der Waals surface area (Å²) in [5.74, 6) is 1.24. The topological polar surface area (TPSA) is 76.7 Å². The Morgan fingerprint density at radius 1 is 1.29 bits per heavy atom. The van der Waals surface area contributed by atoms with E-state index in [0.717, 1.165) is 45.6 Å². The molecule has 1 aromatic rings. The van der Waals surface area contributed by atoms with Gasteiger partial charge < -0.3 is 19.8 Å². The fourth-order valence-electron chi connectivity index (χ4n) is 4.03. The molecule has 0 saturated carbocycles. The molecular weight excluding hydrogens is 310 g/mol. The first kappa shape index (κ1) is 17.2. The average molecular weight is 337 g/mol. The molecule has 2 fully saturated rings. The predicted molar refractivity (Wildman–Crippen MR) is 91.2 cm³/mol. The van der Waals surface area contributed by atoms with Crippen molar-refractivity contribution in [2.45, 2.75) is 38.9 Å². The molecule has 0 unspecified atom stereocenters. The number of piperidine rings is 1. The molecule has 0 radical (unpaired) electrons. The summed E-state index contributed by atoms with van der Waals surface area (Å²) >= 11 is 0. The van der Waals surface area contributed by atoms with Gasteiger partial charge in [0.25, 0.3) is 0 Å². The molecule has 0 spiro atoms. The van der Waals surface area contributed by atoms with Crippen LogP contribution in [0.4, 0.5) is 11.6 Å². The number of nitrogens with zero attached hydrogens (tertiary/aromatic N) is 5. The lowest BCUT2D eigenvalue weighted by molar-refractivity contribution is -0.388. The number of nitro groups is 1. The van der Waals surface area contributed by atoms with Gasteiger partial charge in [-0.15, -0.1) is 0 Å². The smallest absolute Gasteiger partial charge is 0.373 e. The molecule has 0 N–H and O–H groups in total. The van der Waals surface area contributed by atoms with Crippen molar-refractivity contribution in [1.82, 2.24) is 14.5 Å². The monoisotopic (exact) mass is 337 g/mol. The molecule has 8 heteroatoms. The summed E-state index contributed by atoms with van der Waals surface area (Å²) < 4.78 is 7.55. The highest BCUT2D eigenvalue weighted by Gasteiger charge is 2.30. The summed E-state index contributed by atoms with van der Waals surface area (Å²) in [6.07, 6.45) is 4.23. The van der Waals surface area contributed by atoms with E-state index in [9.17, 15) is 10.1 Å². The highest BCUT2D eigenvalue weighted by atomic mass is 16.6. The Kier molecular flexibility index (Phi) is 5.05. The van der Waals surface area contributed by atoms with Crippen LogP contribution >= 0.6 is 0 Å². The van der Waals surface area contributed by atoms with Crippen LogP contribution in [0.2, 0.25) is 0 Å². The molecule has 2 aliphatic rings. The summed E-state index contributed by atoms with van der Waals surface area (Å²) in [5.41, 5.74) is 0. The van der Waals surface area contributed by atoms with Crippen molar-refractivity contribution in [2.75, 3.05) is 37.6 Å². The third-order valence-corrected chi connectivity index (χ3v) is 4.99. The van der Waals surface area contributed by atoms with E-state index in [0.29, 0.717) is 23.9 Å². The van der Waals surface area contributed by atoms with Crippen LogP contribution in [0.15, 0.2) is 6.33 Å². The number of imidazole rings is 1. The maximum atomic E-state index is 11.2. The fourth-order valence-corrected chi connectivity index (χ4v) is 4.03. The van der Waals surface area contributed by atoms with E-state index in [1.165, 1.54) is 6.33 Å². The lowest BCUT2D eigenvalue weighted by atomic mass is 9.95. The van der Waals surface area contributed by atoms with Gasteiger partial charge in [-0.25, -0.2) is 0 Å². The van der Waals surface area contributed by atoms with E-state index in [1.807, 2.05) is 7.05 Å². The molecule has 24 heavy (non-hydrogen) atoms. The summed E-state index contributed by atoms with van der Waals surface area (Å²) in [6.45, 7) is 9.05. The zero-order valence-electron chi connectivity index (χ0n) is 14.7. The molecular formula is C16H27N5O3. The van der Waals surface area contributed by atoms with E-state index in [2.05, 4.69) is 28.6 Å². The van der Waals surface area contributed by atoms with Gasteiger partial charge in [-0.3, -0.25) is 9.47 Å². The first-order valence-electron chi connectivity index (χ1n) is 8.72. The van der Waals surface area contributed by atoms with Gasteiger partial charge in [-0.05, 0) is 42.5 Å². The van der Waals surface area contributed by atoms with Crippen LogP contribution in [0.1, 0.15) is 26.7 Å². The summed E-state index contributed by atoms with van der Waals surface area (Å²) in [6, 6.07) is 0. The second-order valence-electron chi connectivity index (χ2n) is 7.17. The van der Waals surface area contributed by atoms with E-state index < -0.39 is 4.92 Å². The highest BCUT2D eigenvalue weighted by molar-refractivity contribution is 5.54. The number of ether oxygens (including phenoxy) is 1. The largest absolute Gasteiger partial charge is 0.406 e. The highest BCUT2D eigenvalue weighted by Crippen LogP contribution is 2.30. The maximum absolute atomic E-state index is 11.2. The maximum Gasteiger partial charge on any atom is 0.406 e. The molecule has 0 amide bonds. The molecule has 8 nitrogen and oxygen atoms in total. The Morgan fingerprint density at radius 2 is 1.92 bits per heavy atom. The molecule has 1 aromatic heterocycles. The van der Waals surface area contributed by atoms with Crippen molar-refractivity contribution in [3.05, 3.63) is 16.4 Å². The number of rotatable bonds is 4. The average Bonchev–Trinajstić information content (AvgIpc) is 2.89. The number of morpholine rings is 1. The van der Waals surface area contributed by atoms with Gasteiger partial charge in [-0.2, -0.15) is 0 Å². The zero-order chi connectivity index (χ0) is 17.3.